The van der Waals surface area contributed by atoms with Crippen molar-refractivity contribution in [2.24, 2.45) is 0 Å². The lowest BCUT2D eigenvalue weighted by Crippen LogP contribution is -2.34. The van der Waals surface area contributed by atoms with E-state index in [-0.39, 0.29) is 14.8 Å². The number of carboxylic acid groups (broad SMARTS) is 1. The molecule has 0 spiro atoms. The van der Waals surface area contributed by atoms with Gasteiger partial charge in [0.1, 0.15) is 22.3 Å². The Morgan fingerprint density at radius 2 is 2.00 bits per heavy atom. The van der Waals surface area contributed by atoms with Gasteiger partial charge in [0, 0.05) is 19.3 Å². The first-order valence-electron chi connectivity index (χ1n) is 9.60. The molecule has 2 fully saturated rings. The lowest BCUT2D eigenvalue weighted by molar-refractivity contribution is -0.140. The van der Waals surface area contributed by atoms with Gasteiger partial charge in [-0.15, -0.1) is 0 Å². The van der Waals surface area contributed by atoms with Gasteiger partial charge in [-0.1, -0.05) is 30.0 Å². The van der Waals surface area contributed by atoms with Crippen molar-refractivity contribution >= 4 is 57.7 Å². The zero-order valence-electron chi connectivity index (χ0n) is 16.3. The second-order valence-corrected chi connectivity index (χ2v) is 8.97. The average molecular weight is 445 g/mol. The molecule has 1 N–H and O–H groups in total. The maximum atomic E-state index is 13.4. The molecule has 2 aromatic rings. The molecule has 0 saturated carbocycles. The Balaban J connectivity index is 1.86. The highest BCUT2D eigenvalue weighted by Gasteiger charge is 2.34. The van der Waals surface area contributed by atoms with Crippen LogP contribution in [-0.4, -0.2) is 55.2 Å². The molecule has 2 aromatic heterocycles. The maximum absolute atomic E-state index is 13.4. The number of pyridine rings is 1. The van der Waals surface area contributed by atoms with Crippen LogP contribution in [0.15, 0.2) is 28.0 Å². The van der Waals surface area contributed by atoms with Crippen molar-refractivity contribution in [3.8, 4) is 0 Å². The minimum absolute atomic E-state index is 0.165. The molecule has 2 aliphatic rings. The van der Waals surface area contributed by atoms with Crippen LogP contribution in [0.3, 0.4) is 0 Å². The smallest absolute Gasteiger partial charge is 0.323 e. The first-order chi connectivity index (χ1) is 14.3. The fraction of sp³-hybridized carbons (Fsp3) is 0.350. The van der Waals surface area contributed by atoms with Gasteiger partial charge in [-0.05, 0) is 43.9 Å². The van der Waals surface area contributed by atoms with Crippen molar-refractivity contribution < 1.29 is 14.7 Å². The second kappa shape index (κ2) is 8.19. The molecule has 156 valence electrons. The van der Waals surface area contributed by atoms with Crippen LogP contribution in [0.2, 0.25) is 0 Å². The van der Waals surface area contributed by atoms with E-state index in [2.05, 4.69) is 4.90 Å². The Morgan fingerprint density at radius 1 is 1.27 bits per heavy atom. The number of carboxylic acids is 1. The van der Waals surface area contributed by atoms with Crippen molar-refractivity contribution in [3.05, 3.63) is 44.7 Å². The number of anilines is 1. The fourth-order valence-corrected chi connectivity index (χ4v) is 4.86. The van der Waals surface area contributed by atoms with Gasteiger partial charge in [0.2, 0.25) is 0 Å². The van der Waals surface area contributed by atoms with E-state index in [1.54, 1.807) is 12.3 Å². The Labute approximate surface area is 182 Å². The summed E-state index contributed by atoms with van der Waals surface area (Å²) in [5, 5.41) is 9.04. The van der Waals surface area contributed by atoms with E-state index in [4.69, 9.17) is 22.3 Å². The Bertz CT molecular complexity index is 1150. The van der Waals surface area contributed by atoms with Crippen molar-refractivity contribution in [1.29, 1.82) is 0 Å². The third-order valence-electron chi connectivity index (χ3n) is 5.08. The Morgan fingerprint density at radius 3 is 2.70 bits per heavy atom. The SMILES string of the molecule is Cc1ccc2nc(N3CCCCC3)c(C=C3SC(=S)N(CC(=O)O)C3=O)c(=O)n2c1. The predicted octanol–water partition coefficient (Wildman–Crippen LogP) is 2.28. The molecule has 0 aliphatic carbocycles. The van der Waals surface area contributed by atoms with Gasteiger partial charge in [0.15, 0.2) is 0 Å². The Hall–Kier alpha value is -2.72. The summed E-state index contributed by atoms with van der Waals surface area (Å²) in [6, 6.07) is 3.71. The van der Waals surface area contributed by atoms with Gasteiger partial charge >= 0.3 is 5.97 Å². The lowest BCUT2D eigenvalue weighted by Gasteiger charge is -2.29. The van der Waals surface area contributed by atoms with E-state index in [0.717, 1.165) is 54.6 Å². The molecule has 4 rings (SSSR count). The van der Waals surface area contributed by atoms with Gasteiger partial charge in [-0.3, -0.25) is 23.7 Å². The molecule has 0 atom stereocenters. The zero-order chi connectivity index (χ0) is 21.4. The number of thioether (sulfide) groups is 1. The number of aliphatic carboxylic acids is 1. The van der Waals surface area contributed by atoms with E-state index in [0.29, 0.717) is 17.0 Å². The Kier molecular flexibility index (Phi) is 5.61. The van der Waals surface area contributed by atoms with Crippen LogP contribution in [-0.2, 0) is 9.59 Å². The number of aromatic nitrogens is 2. The molecule has 1 amide bonds. The van der Waals surface area contributed by atoms with Crippen LogP contribution in [0.4, 0.5) is 5.82 Å². The number of rotatable bonds is 4. The number of carbonyl (C=O) groups excluding carboxylic acids is 1. The monoisotopic (exact) mass is 444 g/mol. The van der Waals surface area contributed by atoms with E-state index >= 15 is 0 Å². The summed E-state index contributed by atoms with van der Waals surface area (Å²) in [4.78, 5) is 45.2. The number of amides is 1. The van der Waals surface area contributed by atoms with Crippen LogP contribution in [0, 0.1) is 6.92 Å². The highest BCUT2D eigenvalue weighted by molar-refractivity contribution is 8.26. The first-order valence-corrected chi connectivity index (χ1v) is 10.8. The highest BCUT2D eigenvalue weighted by Crippen LogP contribution is 2.33. The molecule has 8 nitrogen and oxygen atoms in total. The summed E-state index contributed by atoms with van der Waals surface area (Å²) in [6.07, 6.45) is 6.38. The van der Waals surface area contributed by atoms with Crippen molar-refractivity contribution in [2.75, 3.05) is 24.5 Å². The van der Waals surface area contributed by atoms with Crippen LogP contribution in [0.1, 0.15) is 30.4 Å². The van der Waals surface area contributed by atoms with E-state index in [1.807, 2.05) is 13.0 Å². The van der Waals surface area contributed by atoms with Crippen LogP contribution < -0.4 is 10.5 Å². The van der Waals surface area contributed by atoms with Gasteiger partial charge in [-0.2, -0.15) is 0 Å². The number of piperidine rings is 1. The number of hydrogen-bond acceptors (Lipinski definition) is 7. The highest BCUT2D eigenvalue weighted by atomic mass is 32.2. The minimum Gasteiger partial charge on any atom is -0.480 e. The summed E-state index contributed by atoms with van der Waals surface area (Å²) in [5.41, 5.74) is 1.50. The molecular weight excluding hydrogens is 424 g/mol. The van der Waals surface area contributed by atoms with Gasteiger partial charge in [-0.25, -0.2) is 4.98 Å². The molecule has 2 aliphatic heterocycles. The largest absolute Gasteiger partial charge is 0.480 e. The molecule has 10 heteroatoms. The summed E-state index contributed by atoms with van der Waals surface area (Å²) in [5.74, 6) is -1.11. The number of aryl methyl sites for hydroxylation is 1. The summed E-state index contributed by atoms with van der Waals surface area (Å²) >= 11 is 6.17. The van der Waals surface area contributed by atoms with E-state index in [1.165, 1.54) is 10.5 Å². The van der Waals surface area contributed by atoms with Crippen molar-refractivity contribution in [3.63, 3.8) is 0 Å². The molecule has 30 heavy (non-hydrogen) atoms. The topological polar surface area (TPSA) is 95.2 Å². The zero-order valence-corrected chi connectivity index (χ0v) is 18.0. The van der Waals surface area contributed by atoms with Crippen LogP contribution in [0.25, 0.3) is 11.7 Å². The molecule has 0 radical (unpaired) electrons. The predicted molar refractivity (Wildman–Crippen MR) is 120 cm³/mol. The number of nitrogens with zero attached hydrogens (tertiary/aromatic N) is 4. The lowest BCUT2D eigenvalue weighted by atomic mass is 10.1. The number of carbonyl (C=O) groups is 2. The quantitative estimate of drug-likeness (QED) is 0.567. The fourth-order valence-electron chi connectivity index (χ4n) is 3.62. The van der Waals surface area contributed by atoms with E-state index < -0.39 is 18.4 Å². The van der Waals surface area contributed by atoms with Crippen molar-refractivity contribution in [2.45, 2.75) is 26.2 Å². The average Bonchev–Trinajstić information content (AvgIpc) is 2.98. The van der Waals surface area contributed by atoms with Gasteiger partial charge < -0.3 is 10.0 Å². The maximum Gasteiger partial charge on any atom is 0.323 e. The first kappa shape index (κ1) is 20.5. The van der Waals surface area contributed by atoms with Crippen LogP contribution in [0.5, 0.6) is 0 Å². The molecule has 2 saturated heterocycles. The summed E-state index contributed by atoms with van der Waals surface area (Å²) in [7, 11) is 0. The molecule has 4 heterocycles. The number of fused-ring (bicyclic) bond motifs is 1. The summed E-state index contributed by atoms with van der Waals surface area (Å²) in [6.45, 7) is 2.96. The normalized spacial score (nSPS) is 18.6. The van der Waals surface area contributed by atoms with Crippen molar-refractivity contribution in [1.82, 2.24) is 14.3 Å². The molecule has 0 bridgehead atoms. The molecule has 0 aromatic carbocycles. The number of hydrogen-bond donors (Lipinski definition) is 1. The second-order valence-electron chi connectivity index (χ2n) is 7.30. The van der Waals surface area contributed by atoms with E-state index in [9.17, 15) is 14.4 Å². The van der Waals surface area contributed by atoms with Gasteiger partial charge in [0.25, 0.3) is 11.5 Å². The molecule has 0 unspecified atom stereocenters. The minimum atomic E-state index is -1.15. The third kappa shape index (κ3) is 3.84. The van der Waals surface area contributed by atoms with Gasteiger partial charge in [0.05, 0.1) is 10.5 Å². The third-order valence-corrected chi connectivity index (χ3v) is 6.46. The standard InChI is InChI=1S/C20H20N4O4S2/c1-12-5-6-15-21-17(22-7-3-2-4-8-22)13(18(27)23(15)10-12)9-14-19(28)24(11-16(25)26)20(29)30-14/h5-6,9-10H,2-4,7-8,11H2,1H3,(H,25,26). The molecular formula is C20H20N4O4S2. The number of thiocarbonyl (C=S) groups is 1. The summed E-state index contributed by atoms with van der Waals surface area (Å²) < 4.78 is 1.64. The van der Waals surface area contributed by atoms with Crippen LogP contribution >= 0.6 is 24.0 Å².